The summed E-state index contributed by atoms with van der Waals surface area (Å²) in [4.78, 5) is 13.2. The van der Waals surface area contributed by atoms with Gasteiger partial charge in [0.05, 0.1) is 5.69 Å². The number of nitrogens with two attached hydrogens (primary N) is 1. The summed E-state index contributed by atoms with van der Waals surface area (Å²) in [5.41, 5.74) is 7.02. The van der Waals surface area contributed by atoms with Crippen molar-refractivity contribution in [1.82, 2.24) is 14.7 Å². The summed E-state index contributed by atoms with van der Waals surface area (Å²) in [5.74, 6) is 0.285. The number of carbonyl (C=O) groups is 1. The third-order valence-electron chi connectivity index (χ3n) is 2.36. The maximum absolute atomic E-state index is 11.7. The van der Waals surface area contributed by atoms with Crippen LogP contribution >= 0.6 is 0 Å². The summed E-state index contributed by atoms with van der Waals surface area (Å²) >= 11 is 0. The largest absolute Gasteiger partial charge is 0.384 e. The van der Waals surface area contributed by atoms with Crippen molar-refractivity contribution in [2.75, 3.05) is 19.8 Å². The molecule has 2 N–H and O–H groups in total. The third kappa shape index (κ3) is 2.13. The van der Waals surface area contributed by atoms with Crippen LogP contribution in [-0.4, -0.2) is 34.7 Å². The van der Waals surface area contributed by atoms with Gasteiger partial charge in [-0.25, -0.2) is 4.68 Å². The van der Waals surface area contributed by atoms with Crippen LogP contribution in [0.4, 0.5) is 5.82 Å². The molecule has 1 heterocycles. The van der Waals surface area contributed by atoms with Crippen LogP contribution in [0.25, 0.3) is 5.69 Å². The minimum absolute atomic E-state index is 0.161. The van der Waals surface area contributed by atoms with Gasteiger partial charge in [0.15, 0.2) is 5.69 Å². The van der Waals surface area contributed by atoms with Gasteiger partial charge in [0, 0.05) is 20.2 Å². The van der Waals surface area contributed by atoms with Gasteiger partial charge in [-0.3, -0.25) is 4.79 Å². The van der Waals surface area contributed by atoms with Crippen molar-refractivity contribution in [3.63, 3.8) is 0 Å². The van der Waals surface area contributed by atoms with Gasteiger partial charge < -0.3 is 10.6 Å². The fourth-order valence-corrected chi connectivity index (χ4v) is 1.51. The quantitative estimate of drug-likeness (QED) is 0.841. The Morgan fingerprint density at radius 2 is 1.94 bits per heavy atom. The Balaban J connectivity index is 2.42. The van der Waals surface area contributed by atoms with Crippen LogP contribution in [0.5, 0.6) is 0 Å². The van der Waals surface area contributed by atoms with Crippen LogP contribution in [-0.2, 0) is 0 Å². The molecule has 0 bridgehead atoms. The van der Waals surface area contributed by atoms with Crippen LogP contribution in [0, 0.1) is 0 Å². The molecule has 5 nitrogen and oxygen atoms in total. The molecule has 5 heteroatoms. The average molecular weight is 230 g/mol. The summed E-state index contributed by atoms with van der Waals surface area (Å²) in [5, 5.41) is 4.20. The van der Waals surface area contributed by atoms with Gasteiger partial charge in [-0.15, -0.1) is 0 Å². The SMILES string of the molecule is CN(C)C(=O)c1cc(N)n(-c2ccccc2)n1. The maximum atomic E-state index is 11.7. The molecule has 1 aromatic carbocycles. The molecule has 2 rings (SSSR count). The molecule has 1 amide bonds. The Kier molecular flexibility index (Phi) is 2.82. The average Bonchev–Trinajstić information content (AvgIpc) is 2.71. The predicted molar refractivity (Wildman–Crippen MR) is 66.0 cm³/mol. The van der Waals surface area contributed by atoms with Crippen LogP contribution in [0.15, 0.2) is 36.4 Å². The summed E-state index contributed by atoms with van der Waals surface area (Å²) in [6.07, 6.45) is 0. The van der Waals surface area contributed by atoms with Crippen LogP contribution in [0.2, 0.25) is 0 Å². The number of anilines is 1. The molecule has 0 unspecified atom stereocenters. The van der Waals surface area contributed by atoms with E-state index in [1.807, 2.05) is 30.3 Å². The van der Waals surface area contributed by atoms with Crippen molar-refractivity contribution in [2.45, 2.75) is 0 Å². The summed E-state index contributed by atoms with van der Waals surface area (Å²) in [6.45, 7) is 0. The highest BCUT2D eigenvalue weighted by Crippen LogP contribution is 2.14. The number of aromatic nitrogens is 2. The number of hydrogen-bond donors (Lipinski definition) is 1. The van der Waals surface area contributed by atoms with E-state index in [1.165, 1.54) is 4.90 Å². The molecule has 0 radical (unpaired) electrons. The van der Waals surface area contributed by atoms with Gasteiger partial charge >= 0.3 is 0 Å². The van der Waals surface area contributed by atoms with Gasteiger partial charge in [-0.2, -0.15) is 5.10 Å². The molecule has 0 saturated carbocycles. The van der Waals surface area contributed by atoms with Gasteiger partial charge in [0.1, 0.15) is 5.82 Å². The molecule has 1 aromatic heterocycles. The fraction of sp³-hybridized carbons (Fsp3) is 0.167. The number of rotatable bonds is 2. The molecule has 0 saturated heterocycles. The van der Waals surface area contributed by atoms with E-state index in [4.69, 9.17) is 5.73 Å². The van der Waals surface area contributed by atoms with Crippen LogP contribution in [0.1, 0.15) is 10.5 Å². The van der Waals surface area contributed by atoms with Gasteiger partial charge in [-0.05, 0) is 12.1 Å². The van der Waals surface area contributed by atoms with Crippen molar-refractivity contribution < 1.29 is 4.79 Å². The van der Waals surface area contributed by atoms with E-state index in [0.29, 0.717) is 11.5 Å². The standard InChI is InChI=1S/C12H14N4O/c1-15(2)12(17)10-8-11(13)16(14-10)9-6-4-3-5-7-9/h3-8H,13H2,1-2H3. The first-order chi connectivity index (χ1) is 8.09. The highest BCUT2D eigenvalue weighted by atomic mass is 16.2. The zero-order valence-electron chi connectivity index (χ0n) is 9.79. The van der Waals surface area contributed by atoms with Crippen molar-refractivity contribution in [3.8, 4) is 5.69 Å². The number of benzene rings is 1. The molecule has 0 aliphatic rings. The lowest BCUT2D eigenvalue weighted by molar-refractivity contribution is 0.0821. The fourth-order valence-electron chi connectivity index (χ4n) is 1.51. The van der Waals surface area contributed by atoms with E-state index >= 15 is 0 Å². The monoisotopic (exact) mass is 230 g/mol. The molecular weight excluding hydrogens is 216 g/mol. The third-order valence-corrected chi connectivity index (χ3v) is 2.36. The maximum Gasteiger partial charge on any atom is 0.273 e. The molecule has 0 spiro atoms. The van der Waals surface area contributed by atoms with Gasteiger partial charge in [0.25, 0.3) is 5.91 Å². The van der Waals surface area contributed by atoms with Crippen molar-refractivity contribution in [3.05, 3.63) is 42.1 Å². The van der Waals surface area contributed by atoms with Gasteiger partial charge in [-0.1, -0.05) is 18.2 Å². The second-order valence-corrected chi connectivity index (χ2v) is 3.90. The second-order valence-electron chi connectivity index (χ2n) is 3.90. The van der Waals surface area contributed by atoms with E-state index in [9.17, 15) is 4.79 Å². The Labute approximate surface area is 99.5 Å². The summed E-state index contributed by atoms with van der Waals surface area (Å²) in [7, 11) is 3.36. The topological polar surface area (TPSA) is 64.2 Å². The zero-order chi connectivity index (χ0) is 12.4. The lowest BCUT2D eigenvalue weighted by Gasteiger charge is -2.06. The number of nitrogen functional groups attached to an aromatic ring is 1. The lowest BCUT2D eigenvalue weighted by Crippen LogP contribution is -2.22. The molecule has 88 valence electrons. The summed E-state index contributed by atoms with van der Waals surface area (Å²) < 4.78 is 1.55. The number of amides is 1. The number of carbonyl (C=O) groups excluding carboxylic acids is 1. The Morgan fingerprint density at radius 3 is 2.53 bits per heavy atom. The van der Waals surface area contributed by atoms with Crippen LogP contribution in [0.3, 0.4) is 0 Å². The summed E-state index contributed by atoms with van der Waals surface area (Å²) in [6, 6.07) is 11.0. The normalized spacial score (nSPS) is 10.2. The highest BCUT2D eigenvalue weighted by Gasteiger charge is 2.14. The van der Waals surface area contributed by atoms with Crippen molar-refractivity contribution in [1.29, 1.82) is 0 Å². The van der Waals surface area contributed by atoms with E-state index in [1.54, 1.807) is 24.8 Å². The highest BCUT2D eigenvalue weighted by molar-refractivity contribution is 5.92. The molecule has 17 heavy (non-hydrogen) atoms. The minimum atomic E-state index is -0.161. The number of para-hydroxylation sites is 1. The first-order valence-electron chi connectivity index (χ1n) is 5.22. The van der Waals surface area contributed by atoms with Gasteiger partial charge in [0.2, 0.25) is 0 Å². The Bertz CT molecular complexity index is 531. The first kappa shape index (κ1) is 11.2. The first-order valence-corrected chi connectivity index (χ1v) is 5.22. The lowest BCUT2D eigenvalue weighted by atomic mass is 10.3. The molecule has 0 atom stereocenters. The Hall–Kier alpha value is -2.30. The molecular formula is C12H14N4O. The van der Waals surface area contributed by atoms with E-state index in [0.717, 1.165) is 5.69 Å². The number of nitrogens with zero attached hydrogens (tertiary/aromatic N) is 3. The van der Waals surface area contributed by atoms with Crippen LogP contribution < -0.4 is 5.73 Å². The molecule has 0 fully saturated rings. The zero-order valence-corrected chi connectivity index (χ0v) is 9.79. The van der Waals surface area contributed by atoms with E-state index < -0.39 is 0 Å². The van der Waals surface area contributed by atoms with Crippen molar-refractivity contribution >= 4 is 11.7 Å². The minimum Gasteiger partial charge on any atom is -0.384 e. The number of hydrogen-bond acceptors (Lipinski definition) is 3. The second kappa shape index (κ2) is 4.29. The molecule has 2 aromatic rings. The van der Waals surface area contributed by atoms with E-state index in [2.05, 4.69) is 5.10 Å². The molecule has 0 aliphatic carbocycles. The Morgan fingerprint density at radius 1 is 1.29 bits per heavy atom. The predicted octanol–water partition coefficient (Wildman–Crippen LogP) is 1.16. The smallest absolute Gasteiger partial charge is 0.273 e. The van der Waals surface area contributed by atoms with Crippen molar-refractivity contribution in [2.24, 2.45) is 0 Å². The molecule has 0 aliphatic heterocycles. The van der Waals surface area contributed by atoms with E-state index in [-0.39, 0.29) is 5.91 Å².